The smallest absolute Gasteiger partial charge is 0.272 e. The third kappa shape index (κ3) is 3.14. The first-order valence-electron chi connectivity index (χ1n) is 8.96. The molecule has 0 unspecified atom stereocenters. The summed E-state index contributed by atoms with van der Waals surface area (Å²) in [5, 5.41) is 14.1. The average Bonchev–Trinajstić information content (AvgIpc) is 3.36. The van der Waals surface area contributed by atoms with Gasteiger partial charge in [-0.05, 0) is 30.7 Å². The van der Waals surface area contributed by atoms with Gasteiger partial charge in [-0.3, -0.25) is 18.6 Å². The number of nitrogens with one attached hydrogen (secondary N) is 1. The summed E-state index contributed by atoms with van der Waals surface area (Å²) in [5.74, 6) is 0.874. The van der Waals surface area contributed by atoms with Crippen LogP contribution in [0.3, 0.4) is 0 Å². The van der Waals surface area contributed by atoms with Crippen molar-refractivity contribution < 1.29 is 4.79 Å². The van der Waals surface area contributed by atoms with Crippen molar-refractivity contribution in [1.82, 2.24) is 24.5 Å². The Kier molecular flexibility index (Phi) is 4.99. The lowest BCUT2D eigenvalue weighted by atomic mass is 10.2. The Hall–Kier alpha value is -1.87. The molecule has 1 saturated carbocycles. The number of rotatable bonds is 6. The fraction of sp³-hybridized carbons (Fsp3) is 0.529. The van der Waals surface area contributed by atoms with Crippen molar-refractivity contribution >= 4 is 45.0 Å². The lowest BCUT2D eigenvalue weighted by Gasteiger charge is -2.11. The van der Waals surface area contributed by atoms with Gasteiger partial charge in [-0.1, -0.05) is 31.5 Å². The van der Waals surface area contributed by atoms with Gasteiger partial charge >= 0.3 is 0 Å². The third-order valence-electron chi connectivity index (χ3n) is 4.68. The van der Waals surface area contributed by atoms with Crippen molar-refractivity contribution in [3.63, 3.8) is 0 Å². The highest BCUT2D eigenvalue weighted by Crippen LogP contribution is 2.24. The number of aryl methyl sites for hydroxylation is 1. The zero-order chi connectivity index (χ0) is 18.1. The van der Waals surface area contributed by atoms with Gasteiger partial charge < -0.3 is 5.32 Å². The number of fused-ring (bicyclic) bond motifs is 3. The predicted octanol–water partition coefficient (Wildman–Crippen LogP) is 2.67. The second-order valence-electron chi connectivity index (χ2n) is 6.55. The van der Waals surface area contributed by atoms with Crippen LogP contribution in [0, 0.1) is 0 Å². The maximum atomic E-state index is 12.7. The summed E-state index contributed by atoms with van der Waals surface area (Å²) in [6.07, 6.45) is 5.37. The number of amides is 1. The van der Waals surface area contributed by atoms with Gasteiger partial charge in [0.25, 0.3) is 5.56 Å². The maximum absolute atomic E-state index is 12.7. The number of hydrogen-bond acceptors (Lipinski definition) is 6. The van der Waals surface area contributed by atoms with E-state index in [1.165, 1.54) is 35.9 Å². The van der Waals surface area contributed by atoms with Gasteiger partial charge in [0.05, 0.1) is 11.3 Å². The minimum atomic E-state index is -0.0210. The van der Waals surface area contributed by atoms with E-state index in [0.29, 0.717) is 34.0 Å². The van der Waals surface area contributed by atoms with Crippen molar-refractivity contribution in [2.24, 2.45) is 0 Å². The molecule has 3 aromatic rings. The predicted molar refractivity (Wildman–Crippen MR) is 104 cm³/mol. The number of carbonyl (C=O) groups is 1. The lowest BCUT2D eigenvalue weighted by Crippen LogP contribution is -2.33. The molecular weight excluding hydrogens is 370 g/mol. The molecule has 0 radical (unpaired) electrons. The second kappa shape index (κ2) is 7.40. The van der Waals surface area contributed by atoms with E-state index in [9.17, 15) is 9.59 Å². The third-order valence-corrected chi connectivity index (χ3v) is 6.50. The SMILES string of the molecule is CCCn1c(=O)c2sccc2n2c(SCC(=O)NC3CCCC3)nnc12. The van der Waals surface area contributed by atoms with Crippen LogP contribution < -0.4 is 10.9 Å². The molecule has 0 bridgehead atoms. The monoisotopic (exact) mass is 391 g/mol. The molecule has 26 heavy (non-hydrogen) atoms. The van der Waals surface area contributed by atoms with E-state index in [2.05, 4.69) is 15.5 Å². The summed E-state index contributed by atoms with van der Waals surface area (Å²) in [4.78, 5) is 24.9. The van der Waals surface area contributed by atoms with Gasteiger partial charge in [0.15, 0.2) is 5.16 Å². The summed E-state index contributed by atoms with van der Waals surface area (Å²) in [6, 6.07) is 2.23. The van der Waals surface area contributed by atoms with E-state index in [4.69, 9.17) is 0 Å². The minimum Gasteiger partial charge on any atom is -0.353 e. The Balaban J connectivity index is 1.63. The summed E-state index contributed by atoms with van der Waals surface area (Å²) in [6.45, 7) is 2.63. The molecule has 1 aliphatic carbocycles. The number of nitrogens with zero attached hydrogens (tertiary/aromatic N) is 4. The largest absolute Gasteiger partial charge is 0.353 e. The molecule has 1 aliphatic rings. The number of hydrogen-bond donors (Lipinski definition) is 1. The van der Waals surface area contributed by atoms with Gasteiger partial charge in [0.1, 0.15) is 4.70 Å². The van der Waals surface area contributed by atoms with Gasteiger partial charge in [-0.25, -0.2) is 0 Å². The first-order valence-corrected chi connectivity index (χ1v) is 10.8. The summed E-state index contributed by atoms with van der Waals surface area (Å²) in [5.41, 5.74) is 0.790. The molecule has 0 saturated heterocycles. The van der Waals surface area contributed by atoms with Crippen molar-refractivity contribution in [1.29, 1.82) is 0 Å². The number of carbonyl (C=O) groups excluding carboxylic acids is 1. The summed E-state index contributed by atoms with van der Waals surface area (Å²) in [7, 11) is 0. The first-order chi connectivity index (χ1) is 12.7. The first kappa shape index (κ1) is 17.5. The number of thioether (sulfide) groups is 1. The molecule has 4 rings (SSSR count). The maximum Gasteiger partial charge on any atom is 0.272 e. The fourth-order valence-corrected chi connectivity index (χ4v) is 5.06. The highest BCUT2D eigenvalue weighted by atomic mass is 32.2. The molecule has 0 aliphatic heterocycles. The fourth-order valence-electron chi connectivity index (χ4n) is 3.49. The van der Waals surface area contributed by atoms with Crippen molar-refractivity contribution in [2.75, 3.05) is 5.75 Å². The Morgan fingerprint density at radius 1 is 1.38 bits per heavy atom. The Labute approximate surface area is 158 Å². The van der Waals surface area contributed by atoms with Gasteiger partial charge in [-0.15, -0.1) is 21.5 Å². The van der Waals surface area contributed by atoms with Crippen LogP contribution in [0.25, 0.3) is 16.0 Å². The molecule has 1 N–H and O–H groups in total. The number of thiophene rings is 1. The van der Waals surface area contributed by atoms with Crippen LogP contribution in [0.1, 0.15) is 39.0 Å². The zero-order valence-corrected chi connectivity index (χ0v) is 16.2. The highest BCUT2D eigenvalue weighted by Gasteiger charge is 2.20. The quantitative estimate of drug-likeness (QED) is 0.654. The van der Waals surface area contributed by atoms with E-state index in [1.807, 2.05) is 22.8 Å². The van der Waals surface area contributed by atoms with Crippen LogP contribution in [-0.4, -0.2) is 36.9 Å². The molecule has 1 amide bonds. The number of aromatic nitrogens is 4. The van der Waals surface area contributed by atoms with E-state index < -0.39 is 0 Å². The Morgan fingerprint density at radius 2 is 2.19 bits per heavy atom. The molecule has 138 valence electrons. The second-order valence-corrected chi connectivity index (χ2v) is 8.41. The van der Waals surface area contributed by atoms with Crippen molar-refractivity contribution in [3.05, 3.63) is 21.8 Å². The van der Waals surface area contributed by atoms with E-state index in [-0.39, 0.29) is 11.5 Å². The Morgan fingerprint density at radius 3 is 2.96 bits per heavy atom. The van der Waals surface area contributed by atoms with Crippen LogP contribution in [0.2, 0.25) is 0 Å². The zero-order valence-electron chi connectivity index (χ0n) is 14.6. The standard InChI is InChI=1S/C17H21N5O2S2/c1-2-8-21-15(24)14-12(7-9-25-14)22-16(21)19-20-17(22)26-10-13(23)18-11-5-3-4-6-11/h7,9,11H,2-6,8,10H2,1H3,(H,18,23). The van der Waals surface area contributed by atoms with Crippen molar-refractivity contribution in [3.8, 4) is 0 Å². The normalized spacial score (nSPS) is 15.3. The van der Waals surface area contributed by atoms with Crippen LogP contribution in [0.4, 0.5) is 0 Å². The van der Waals surface area contributed by atoms with Crippen LogP contribution in [0.15, 0.2) is 21.4 Å². The highest BCUT2D eigenvalue weighted by molar-refractivity contribution is 7.99. The molecule has 3 heterocycles. The average molecular weight is 392 g/mol. The molecule has 3 aromatic heterocycles. The molecule has 0 spiro atoms. The van der Waals surface area contributed by atoms with Crippen LogP contribution in [-0.2, 0) is 11.3 Å². The molecule has 1 fully saturated rings. The topological polar surface area (TPSA) is 81.3 Å². The van der Waals surface area contributed by atoms with Gasteiger partial charge in [0, 0.05) is 12.6 Å². The lowest BCUT2D eigenvalue weighted by molar-refractivity contribution is -0.119. The van der Waals surface area contributed by atoms with Crippen molar-refractivity contribution in [2.45, 2.75) is 56.8 Å². The van der Waals surface area contributed by atoms with Crippen LogP contribution >= 0.6 is 23.1 Å². The van der Waals surface area contributed by atoms with E-state index >= 15 is 0 Å². The molecule has 9 heteroatoms. The molecule has 0 aromatic carbocycles. The van der Waals surface area contributed by atoms with Gasteiger partial charge in [0.2, 0.25) is 11.7 Å². The molecule has 7 nitrogen and oxygen atoms in total. The summed E-state index contributed by atoms with van der Waals surface area (Å²) >= 11 is 2.79. The van der Waals surface area contributed by atoms with Gasteiger partial charge in [-0.2, -0.15) is 0 Å². The minimum absolute atomic E-state index is 0.0210. The van der Waals surface area contributed by atoms with E-state index in [1.54, 1.807) is 4.57 Å². The molecule has 0 atom stereocenters. The van der Waals surface area contributed by atoms with Crippen LogP contribution in [0.5, 0.6) is 0 Å². The molecular formula is C17H21N5O2S2. The Bertz CT molecular complexity index is 1000. The summed E-state index contributed by atoms with van der Waals surface area (Å²) < 4.78 is 4.27. The van der Waals surface area contributed by atoms with E-state index in [0.717, 1.165) is 24.8 Å².